The maximum Gasteiger partial charge on any atom is 0.450 e. The van der Waals surface area contributed by atoms with Gasteiger partial charge in [-0.1, -0.05) is 0 Å². The molecule has 0 saturated heterocycles. The second-order valence-corrected chi connectivity index (χ2v) is 12.3. The van der Waals surface area contributed by atoms with E-state index in [9.17, 15) is 78.3 Å². The SMILES string of the molecule is CC(F)(F)C(C)(F)C(F)(F)S(=O)(=O)NC(=O)c1ccc(OS(=O)(=O)C(F)(F)C(F)(F)C(F)(F)S(=O)(=O)O)cc1. The Balaban J connectivity index is 3.28. The molecule has 1 rings (SSSR count). The smallest absolute Gasteiger partial charge is 0.378 e. The number of carbonyl (C=O) groups excluding carboxylic acids is 1. The van der Waals surface area contributed by atoms with E-state index in [1.807, 2.05) is 0 Å². The minimum atomic E-state index is -7.36. The summed E-state index contributed by atoms with van der Waals surface area (Å²) in [5.74, 6) is -16.0. The average molecular weight is 655 g/mol. The number of rotatable bonds is 11. The van der Waals surface area contributed by atoms with Crippen LogP contribution in [0.25, 0.3) is 0 Å². The Morgan fingerprint density at radius 3 is 1.51 bits per heavy atom. The Kier molecular flexibility index (Phi) is 8.48. The van der Waals surface area contributed by atoms with Crippen LogP contribution in [0, 0.1) is 0 Å². The number of benzene rings is 1. The minimum absolute atomic E-state index is 0.0475. The molecule has 0 spiro atoms. The van der Waals surface area contributed by atoms with Crippen molar-refractivity contribution in [3.63, 3.8) is 0 Å². The summed E-state index contributed by atoms with van der Waals surface area (Å²) in [4.78, 5) is 11.9. The van der Waals surface area contributed by atoms with Crippen LogP contribution in [0.2, 0.25) is 0 Å². The number of hydrogen-bond donors (Lipinski definition) is 2. The molecule has 10 nitrogen and oxygen atoms in total. The van der Waals surface area contributed by atoms with Gasteiger partial charge in [0.1, 0.15) is 5.75 Å². The molecular weight excluding hydrogens is 643 g/mol. The van der Waals surface area contributed by atoms with Gasteiger partial charge in [-0.15, -0.1) is 0 Å². The highest BCUT2D eigenvalue weighted by molar-refractivity contribution is 7.91. The highest BCUT2D eigenvalue weighted by atomic mass is 32.2. The third kappa shape index (κ3) is 5.59. The Labute approximate surface area is 211 Å². The monoisotopic (exact) mass is 655 g/mol. The van der Waals surface area contributed by atoms with Gasteiger partial charge in [0.05, 0.1) is 0 Å². The molecule has 24 heteroatoms. The van der Waals surface area contributed by atoms with Crippen molar-refractivity contribution in [2.24, 2.45) is 0 Å². The van der Waals surface area contributed by atoms with Gasteiger partial charge in [-0.2, -0.15) is 60.4 Å². The molecule has 0 aliphatic rings. The molecule has 0 radical (unpaired) electrons. The molecule has 0 saturated carbocycles. The summed E-state index contributed by atoms with van der Waals surface area (Å²) in [7, 11) is -21.2. The molecule has 0 aliphatic heterocycles. The Hall–Kier alpha value is -2.47. The number of nitrogens with one attached hydrogen (secondary N) is 1. The van der Waals surface area contributed by atoms with Crippen molar-refractivity contribution in [3.05, 3.63) is 29.8 Å². The van der Waals surface area contributed by atoms with Crippen molar-refractivity contribution in [2.75, 3.05) is 0 Å². The first-order chi connectivity index (χ1) is 16.8. The summed E-state index contributed by atoms with van der Waals surface area (Å²) < 4.78 is 228. The maximum absolute atomic E-state index is 14.0. The van der Waals surface area contributed by atoms with Gasteiger partial charge in [-0.05, 0) is 31.2 Å². The molecule has 0 heterocycles. The average Bonchev–Trinajstić information content (AvgIpc) is 2.71. The molecule has 0 fully saturated rings. The third-order valence-electron chi connectivity index (χ3n) is 4.63. The lowest BCUT2D eigenvalue weighted by Gasteiger charge is -2.33. The van der Waals surface area contributed by atoms with Gasteiger partial charge in [-0.3, -0.25) is 9.35 Å². The topological polar surface area (TPSA) is 161 Å². The van der Waals surface area contributed by atoms with Gasteiger partial charge >= 0.3 is 51.9 Å². The fraction of sp³-hybridized carbons (Fsp3) is 0.533. The fourth-order valence-corrected chi connectivity index (χ4v) is 4.68. The van der Waals surface area contributed by atoms with Crippen molar-refractivity contribution < 1.29 is 87.1 Å². The quantitative estimate of drug-likeness (QED) is 0.207. The van der Waals surface area contributed by atoms with Crippen molar-refractivity contribution in [1.82, 2.24) is 4.72 Å². The molecule has 0 aliphatic carbocycles. The van der Waals surface area contributed by atoms with Crippen LogP contribution in [0.4, 0.5) is 48.3 Å². The summed E-state index contributed by atoms with van der Waals surface area (Å²) in [5, 5.41) is -20.1. The lowest BCUT2D eigenvalue weighted by molar-refractivity contribution is -0.247. The van der Waals surface area contributed by atoms with E-state index in [1.165, 1.54) is 0 Å². The largest absolute Gasteiger partial charge is 0.450 e. The van der Waals surface area contributed by atoms with Crippen molar-refractivity contribution in [1.29, 1.82) is 0 Å². The first-order valence-corrected chi connectivity index (χ1v) is 13.3. The molecule has 0 bridgehead atoms. The van der Waals surface area contributed by atoms with Crippen LogP contribution in [-0.2, 0) is 30.3 Å². The first-order valence-electron chi connectivity index (χ1n) is 8.97. The van der Waals surface area contributed by atoms with Crippen molar-refractivity contribution >= 4 is 36.2 Å². The summed E-state index contributed by atoms with van der Waals surface area (Å²) >= 11 is 0. The molecular formula is C15H12F11NO9S3. The van der Waals surface area contributed by atoms with Gasteiger partial charge in [0.2, 0.25) is 5.67 Å². The summed E-state index contributed by atoms with van der Waals surface area (Å²) in [6.07, 6.45) is 0. The number of amides is 1. The van der Waals surface area contributed by atoms with E-state index < -0.39 is 94.6 Å². The first kappa shape index (κ1) is 34.6. The minimum Gasteiger partial charge on any atom is -0.378 e. The zero-order valence-corrected chi connectivity index (χ0v) is 20.9. The third-order valence-corrected chi connectivity index (χ3v) is 8.34. The number of halogens is 11. The summed E-state index contributed by atoms with van der Waals surface area (Å²) in [6.45, 7) is -0.914. The van der Waals surface area contributed by atoms with Crippen LogP contribution in [-0.4, -0.2) is 69.0 Å². The fourth-order valence-electron chi connectivity index (χ4n) is 2.08. The van der Waals surface area contributed by atoms with Crippen LogP contribution < -0.4 is 8.91 Å². The van der Waals surface area contributed by atoms with Crippen molar-refractivity contribution in [2.45, 2.75) is 47.1 Å². The maximum atomic E-state index is 14.0. The molecule has 1 aromatic carbocycles. The predicted molar refractivity (Wildman–Crippen MR) is 104 cm³/mol. The molecule has 226 valence electrons. The van der Waals surface area contributed by atoms with E-state index in [2.05, 4.69) is 4.18 Å². The number of sulfonamides is 1. The normalized spacial score (nSPS) is 16.4. The van der Waals surface area contributed by atoms with E-state index in [-0.39, 0.29) is 24.3 Å². The lowest BCUT2D eigenvalue weighted by Crippen LogP contribution is -2.61. The predicted octanol–water partition coefficient (Wildman–Crippen LogP) is 3.14. The number of hydrogen-bond acceptors (Lipinski definition) is 8. The van der Waals surface area contributed by atoms with Gasteiger partial charge < -0.3 is 4.18 Å². The highest BCUT2D eigenvalue weighted by Gasteiger charge is 2.83. The Morgan fingerprint density at radius 1 is 0.744 bits per heavy atom. The second-order valence-electron chi connectivity index (χ2n) is 7.49. The number of carbonyl (C=O) groups is 1. The molecule has 1 unspecified atom stereocenters. The van der Waals surface area contributed by atoms with E-state index in [0.717, 1.165) is 0 Å². The van der Waals surface area contributed by atoms with Gasteiger partial charge in [-0.25, -0.2) is 17.9 Å². The Bertz CT molecular complexity index is 1440. The van der Waals surface area contributed by atoms with Crippen LogP contribution in [0.5, 0.6) is 5.75 Å². The van der Waals surface area contributed by atoms with Crippen molar-refractivity contribution in [3.8, 4) is 5.75 Å². The van der Waals surface area contributed by atoms with E-state index in [1.54, 1.807) is 0 Å². The van der Waals surface area contributed by atoms with Gasteiger partial charge in [0.25, 0.3) is 11.8 Å². The van der Waals surface area contributed by atoms with E-state index >= 15 is 0 Å². The van der Waals surface area contributed by atoms with Gasteiger partial charge in [0, 0.05) is 12.5 Å². The molecule has 1 atom stereocenters. The zero-order valence-electron chi connectivity index (χ0n) is 18.4. The Morgan fingerprint density at radius 2 is 1.15 bits per heavy atom. The standard InChI is InChI=1S/C15H12F11NO9S3/c1-10(16,11(2,17)18)13(21,22)37(29,30)27-9(28)7-3-5-8(6-4-7)36-39(34,35)15(25,26)12(19,20)14(23,24)38(31,32)33/h3-6H,1-2H3,(H,27,28)(H,31,32,33). The second kappa shape index (κ2) is 9.57. The zero-order chi connectivity index (χ0) is 31.5. The summed E-state index contributed by atoms with van der Waals surface area (Å²) in [6, 6.07) is 0.400. The van der Waals surface area contributed by atoms with E-state index in [4.69, 9.17) is 4.55 Å². The van der Waals surface area contributed by atoms with Crippen LogP contribution in [0.1, 0.15) is 24.2 Å². The number of alkyl halides is 11. The molecule has 0 aromatic heterocycles. The van der Waals surface area contributed by atoms with Crippen LogP contribution in [0.15, 0.2) is 24.3 Å². The summed E-state index contributed by atoms with van der Waals surface area (Å²) in [5.41, 5.74) is -6.23. The lowest BCUT2D eigenvalue weighted by atomic mass is 10.0. The molecule has 39 heavy (non-hydrogen) atoms. The molecule has 1 amide bonds. The van der Waals surface area contributed by atoms with Crippen LogP contribution >= 0.6 is 0 Å². The molecule has 2 N–H and O–H groups in total. The van der Waals surface area contributed by atoms with Gasteiger partial charge in [0.15, 0.2) is 0 Å². The van der Waals surface area contributed by atoms with Crippen LogP contribution in [0.3, 0.4) is 0 Å². The highest BCUT2D eigenvalue weighted by Crippen LogP contribution is 2.51. The molecule has 1 aromatic rings. The van der Waals surface area contributed by atoms with E-state index in [0.29, 0.717) is 4.72 Å².